The fourth-order valence-corrected chi connectivity index (χ4v) is 7.09. The first kappa shape index (κ1) is 42.1. The molecule has 4 amide bonds. The van der Waals surface area contributed by atoms with E-state index < -0.39 is 36.3 Å². The smallest absolute Gasteiger partial charge is 0.245 e. The van der Waals surface area contributed by atoms with E-state index in [0.717, 1.165) is 24.8 Å². The number of carbonyl (C=O) groups is 4. The van der Waals surface area contributed by atoms with Crippen LogP contribution in [0.5, 0.6) is 0 Å². The summed E-state index contributed by atoms with van der Waals surface area (Å²) in [6.07, 6.45) is 5.46. The summed E-state index contributed by atoms with van der Waals surface area (Å²) in [6, 6.07) is 1.99. The lowest BCUT2D eigenvalue weighted by Crippen LogP contribution is -2.59. The van der Waals surface area contributed by atoms with Gasteiger partial charge >= 0.3 is 0 Å². The number of methoxy groups -OCH3 is 2. The van der Waals surface area contributed by atoms with Gasteiger partial charge in [0, 0.05) is 46.8 Å². The molecule has 2 rings (SSSR count). The molecule has 1 aliphatic heterocycles. The van der Waals surface area contributed by atoms with Crippen LogP contribution in [0.3, 0.4) is 0 Å². The van der Waals surface area contributed by atoms with Crippen LogP contribution in [-0.2, 0) is 35.1 Å². The average molecular weight is 689 g/mol. The van der Waals surface area contributed by atoms with E-state index in [1.165, 1.54) is 0 Å². The third kappa shape index (κ3) is 11.5. The molecular formula is C37H64N6O6. The maximum atomic E-state index is 14.1. The van der Waals surface area contributed by atoms with Gasteiger partial charge < -0.3 is 35.2 Å². The molecule has 0 unspecified atom stereocenters. The van der Waals surface area contributed by atoms with E-state index in [1.54, 1.807) is 45.6 Å². The van der Waals surface area contributed by atoms with E-state index in [4.69, 9.17) is 9.47 Å². The fraction of sp³-hybridized carbons (Fsp3) is 0.757. The van der Waals surface area contributed by atoms with Gasteiger partial charge in [-0.3, -0.25) is 24.2 Å². The number of likely N-dealkylation sites (tertiary alicyclic amines) is 1. The molecule has 0 radical (unpaired) electrons. The summed E-state index contributed by atoms with van der Waals surface area (Å²) >= 11 is 0. The summed E-state index contributed by atoms with van der Waals surface area (Å²) in [7, 11) is 6.64. The molecule has 8 atom stereocenters. The van der Waals surface area contributed by atoms with E-state index in [-0.39, 0.29) is 53.8 Å². The van der Waals surface area contributed by atoms with Crippen LogP contribution in [0.2, 0.25) is 0 Å². The lowest BCUT2D eigenvalue weighted by molar-refractivity contribution is -0.147. The van der Waals surface area contributed by atoms with E-state index in [1.807, 2.05) is 51.7 Å². The maximum absolute atomic E-state index is 14.1. The minimum Gasteiger partial charge on any atom is -0.379 e. The van der Waals surface area contributed by atoms with Crippen molar-refractivity contribution in [2.45, 2.75) is 117 Å². The first-order valence-corrected chi connectivity index (χ1v) is 18.0. The van der Waals surface area contributed by atoms with Crippen molar-refractivity contribution in [2.24, 2.45) is 23.7 Å². The van der Waals surface area contributed by atoms with Crippen molar-refractivity contribution < 1.29 is 28.7 Å². The Hall–Kier alpha value is -3.09. The molecule has 0 bridgehead atoms. The van der Waals surface area contributed by atoms with Crippen LogP contribution in [0.1, 0.15) is 79.7 Å². The molecule has 278 valence electrons. The molecule has 3 N–H and O–H groups in total. The number of pyridine rings is 1. The number of nitrogens with zero attached hydrogens (tertiary/aromatic N) is 3. The standard InChI is InChI=1S/C37H64N6O6/c1-12-25(6)33(42(9)37(47)32(24(4)5)41-36(46)31(38-8)23(2)3)29(48-10)21-30(44)43-20-14-16-28(43)34(49-11)26(7)35(45)40-19-17-27-15-13-18-39-22-27/h13,15,18,22-26,28-29,31-34,38H,12,14,16-17,19-21H2,1-11H3,(H,40,45)(H,41,46)/t25-,26+,28-,29-,31-,32-,33-,34+/m0/s1. The van der Waals surface area contributed by atoms with Gasteiger partial charge in [-0.1, -0.05) is 61.0 Å². The highest BCUT2D eigenvalue weighted by atomic mass is 16.5. The molecule has 1 aromatic heterocycles. The van der Waals surface area contributed by atoms with Crippen LogP contribution in [0, 0.1) is 23.7 Å². The Kier molecular flexibility index (Phi) is 17.6. The lowest BCUT2D eigenvalue weighted by Gasteiger charge is -2.41. The van der Waals surface area contributed by atoms with Gasteiger partial charge in [0.15, 0.2) is 0 Å². The summed E-state index contributed by atoms with van der Waals surface area (Å²) in [5.74, 6) is -1.25. The highest BCUT2D eigenvalue weighted by molar-refractivity contribution is 5.90. The van der Waals surface area contributed by atoms with Crippen LogP contribution < -0.4 is 16.0 Å². The highest BCUT2D eigenvalue weighted by Crippen LogP contribution is 2.29. The summed E-state index contributed by atoms with van der Waals surface area (Å²) in [6.45, 7) is 14.7. The number of carbonyl (C=O) groups excluding carboxylic acids is 4. The third-order valence-corrected chi connectivity index (χ3v) is 10.2. The fourth-order valence-electron chi connectivity index (χ4n) is 7.09. The van der Waals surface area contributed by atoms with Gasteiger partial charge in [0.1, 0.15) is 6.04 Å². The van der Waals surface area contributed by atoms with Crippen molar-refractivity contribution in [3.63, 3.8) is 0 Å². The second kappa shape index (κ2) is 20.6. The monoisotopic (exact) mass is 688 g/mol. The molecule has 12 nitrogen and oxygen atoms in total. The molecule has 12 heteroatoms. The Morgan fingerprint density at radius 2 is 1.69 bits per heavy atom. The Balaban J connectivity index is 2.20. The number of hydrogen-bond donors (Lipinski definition) is 3. The van der Waals surface area contributed by atoms with Crippen LogP contribution in [0.4, 0.5) is 0 Å². The molecule has 2 heterocycles. The summed E-state index contributed by atoms with van der Waals surface area (Å²) in [5, 5.41) is 9.06. The molecule has 0 saturated carbocycles. The number of aromatic nitrogens is 1. The van der Waals surface area contributed by atoms with Gasteiger partial charge in [0.2, 0.25) is 23.6 Å². The first-order valence-electron chi connectivity index (χ1n) is 18.0. The van der Waals surface area contributed by atoms with Crippen LogP contribution >= 0.6 is 0 Å². The minimum absolute atomic E-state index is 0.00687. The predicted molar refractivity (Wildman–Crippen MR) is 192 cm³/mol. The van der Waals surface area contributed by atoms with Gasteiger partial charge in [0.25, 0.3) is 0 Å². The zero-order valence-electron chi connectivity index (χ0n) is 31.8. The molecular weight excluding hydrogens is 624 g/mol. The average Bonchev–Trinajstić information content (AvgIpc) is 3.56. The molecule has 1 aliphatic rings. The Morgan fingerprint density at radius 3 is 2.22 bits per heavy atom. The van der Waals surface area contributed by atoms with Crippen molar-refractivity contribution in [2.75, 3.05) is 41.4 Å². The van der Waals surface area contributed by atoms with Crippen molar-refractivity contribution in [1.29, 1.82) is 0 Å². The largest absolute Gasteiger partial charge is 0.379 e. The Morgan fingerprint density at radius 1 is 1.02 bits per heavy atom. The summed E-state index contributed by atoms with van der Waals surface area (Å²) in [4.78, 5) is 62.1. The number of nitrogens with one attached hydrogen (secondary N) is 3. The Bertz CT molecular complexity index is 1180. The number of ether oxygens (including phenoxy) is 2. The quantitative estimate of drug-likeness (QED) is 0.190. The number of amides is 4. The van der Waals surface area contributed by atoms with Crippen LogP contribution in [-0.4, -0.2) is 116 Å². The molecule has 0 spiro atoms. The van der Waals surface area contributed by atoms with Crippen LogP contribution in [0.15, 0.2) is 24.5 Å². The summed E-state index contributed by atoms with van der Waals surface area (Å²) in [5.41, 5.74) is 1.04. The minimum atomic E-state index is -0.741. The Labute approximate surface area is 294 Å². The molecule has 0 aromatic carbocycles. The first-order chi connectivity index (χ1) is 23.2. The molecule has 49 heavy (non-hydrogen) atoms. The van der Waals surface area contributed by atoms with Gasteiger partial charge in [-0.15, -0.1) is 0 Å². The van der Waals surface area contributed by atoms with E-state index in [2.05, 4.69) is 34.8 Å². The van der Waals surface area contributed by atoms with E-state index in [0.29, 0.717) is 19.5 Å². The van der Waals surface area contributed by atoms with E-state index >= 15 is 0 Å². The molecule has 1 saturated heterocycles. The van der Waals surface area contributed by atoms with Crippen molar-refractivity contribution in [1.82, 2.24) is 30.7 Å². The van der Waals surface area contributed by atoms with Gasteiger partial charge in [-0.25, -0.2) is 0 Å². The summed E-state index contributed by atoms with van der Waals surface area (Å²) < 4.78 is 11.9. The normalized spacial score (nSPS) is 19.1. The van der Waals surface area contributed by atoms with Gasteiger partial charge in [0.05, 0.1) is 42.7 Å². The van der Waals surface area contributed by atoms with Crippen molar-refractivity contribution in [3.8, 4) is 0 Å². The molecule has 1 aromatic rings. The third-order valence-electron chi connectivity index (χ3n) is 10.2. The zero-order valence-corrected chi connectivity index (χ0v) is 31.8. The highest BCUT2D eigenvalue weighted by Gasteiger charge is 2.43. The van der Waals surface area contributed by atoms with Crippen LogP contribution in [0.25, 0.3) is 0 Å². The van der Waals surface area contributed by atoms with Gasteiger partial charge in [-0.2, -0.15) is 0 Å². The topological polar surface area (TPSA) is 142 Å². The number of rotatable bonds is 20. The predicted octanol–water partition coefficient (Wildman–Crippen LogP) is 3.05. The van der Waals surface area contributed by atoms with Crippen molar-refractivity contribution >= 4 is 23.6 Å². The lowest BCUT2D eigenvalue weighted by atomic mass is 9.89. The van der Waals surface area contributed by atoms with E-state index in [9.17, 15) is 19.2 Å². The van der Waals surface area contributed by atoms with Gasteiger partial charge in [-0.05, 0) is 55.7 Å². The second-order valence-electron chi connectivity index (χ2n) is 14.2. The molecule has 1 fully saturated rings. The number of likely N-dealkylation sites (N-methyl/N-ethyl adjacent to an activating group) is 2. The molecule has 0 aliphatic carbocycles. The maximum Gasteiger partial charge on any atom is 0.245 e. The number of hydrogen-bond acceptors (Lipinski definition) is 8. The van der Waals surface area contributed by atoms with Crippen molar-refractivity contribution in [3.05, 3.63) is 30.1 Å². The SMILES string of the molecule is CC[C@H](C)[C@@H]([C@H](CC(=O)N1CCC[C@H]1[C@H](OC)[C@@H](C)C(=O)NCCc1cccnc1)OC)N(C)C(=O)[C@@H](NC(=O)[C@@H](NC)C(C)C)C(C)C. The second-order valence-corrected chi connectivity index (χ2v) is 14.2. The zero-order chi connectivity index (χ0) is 36.8.